The molecule has 0 atom stereocenters. The van der Waals surface area contributed by atoms with Gasteiger partial charge in [0.15, 0.2) is 5.11 Å². The van der Waals surface area contributed by atoms with Crippen molar-refractivity contribution in [2.75, 3.05) is 4.90 Å². The molecule has 1 fully saturated rings. The molecule has 0 saturated carbocycles. The van der Waals surface area contributed by atoms with Gasteiger partial charge in [-0.2, -0.15) is 0 Å². The van der Waals surface area contributed by atoms with Crippen LogP contribution in [0.1, 0.15) is 5.01 Å². The molecule has 0 radical (unpaired) electrons. The van der Waals surface area contributed by atoms with Crippen molar-refractivity contribution in [3.05, 3.63) is 76.8 Å². The number of hydrogen-bond donors (Lipinski definition) is 1. The maximum absolute atomic E-state index is 12.9. The molecule has 4 rings (SSSR count). The van der Waals surface area contributed by atoms with Gasteiger partial charge in [0, 0.05) is 11.6 Å². The van der Waals surface area contributed by atoms with Gasteiger partial charge in [0.25, 0.3) is 11.8 Å². The molecule has 0 spiro atoms. The normalized spacial score (nSPS) is 15.6. The fraction of sp³-hybridized carbons (Fsp3) is 0. The molecule has 2 aromatic carbocycles. The Hall–Kier alpha value is -3.36. The van der Waals surface area contributed by atoms with Crippen molar-refractivity contribution >= 4 is 52.2 Å². The first-order valence-corrected chi connectivity index (χ1v) is 9.54. The van der Waals surface area contributed by atoms with Gasteiger partial charge >= 0.3 is 0 Å². The lowest BCUT2D eigenvalue weighted by atomic mass is 10.1. The van der Waals surface area contributed by atoms with E-state index in [-0.39, 0.29) is 10.7 Å². The average molecular weight is 407 g/mol. The number of para-hydroxylation sites is 1. The van der Waals surface area contributed by atoms with Gasteiger partial charge in [-0.15, -0.1) is 11.3 Å². The third-order valence-electron chi connectivity index (χ3n) is 3.89. The lowest BCUT2D eigenvalue weighted by Crippen LogP contribution is -2.54. The SMILES string of the molecule is O=C1NC(=S)N(c2ccc(Oc3ccccc3)cc2)C(=O)C1=Cc1nccs1. The van der Waals surface area contributed by atoms with E-state index in [1.807, 2.05) is 30.3 Å². The summed E-state index contributed by atoms with van der Waals surface area (Å²) in [7, 11) is 0. The second-order valence-electron chi connectivity index (χ2n) is 5.74. The summed E-state index contributed by atoms with van der Waals surface area (Å²) in [5.74, 6) is 0.292. The molecule has 28 heavy (non-hydrogen) atoms. The molecule has 1 saturated heterocycles. The van der Waals surface area contributed by atoms with Crippen molar-refractivity contribution in [3.63, 3.8) is 0 Å². The summed E-state index contributed by atoms with van der Waals surface area (Å²) in [4.78, 5) is 30.5. The van der Waals surface area contributed by atoms with E-state index >= 15 is 0 Å². The highest BCUT2D eigenvalue weighted by Gasteiger charge is 2.34. The van der Waals surface area contributed by atoms with Crippen LogP contribution in [0.25, 0.3) is 6.08 Å². The maximum Gasteiger partial charge on any atom is 0.270 e. The number of thiocarbonyl (C=S) groups is 1. The summed E-state index contributed by atoms with van der Waals surface area (Å²) in [6.45, 7) is 0. The van der Waals surface area contributed by atoms with Gasteiger partial charge in [0.2, 0.25) is 0 Å². The number of amides is 2. The third-order valence-corrected chi connectivity index (χ3v) is 4.90. The average Bonchev–Trinajstić information content (AvgIpc) is 3.20. The van der Waals surface area contributed by atoms with Crippen molar-refractivity contribution in [2.45, 2.75) is 0 Å². The zero-order chi connectivity index (χ0) is 19.5. The van der Waals surface area contributed by atoms with Crippen LogP contribution in [0.15, 0.2) is 71.7 Å². The van der Waals surface area contributed by atoms with E-state index in [1.165, 1.54) is 22.3 Å². The Morgan fingerprint density at radius 2 is 1.75 bits per heavy atom. The zero-order valence-electron chi connectivity index (χ0n) is 14.4. The lowest BCUT2D eigenvalue weighted by Gasteiger charge is -2.28. The smallest absolute Gasteiger partial charge is 0.270 e. The quantitative estimate of drug-likeness (QED) is 0.405. The first-order chi connectivity index (χ1) is 13.6. The van der Waals surface area contributed by atoms with Crippen molar-refractivity contribution in [2.24, 2.45) is 0 Å². The number of rotatable bonds is 4. The second kappa shape index (κ2) is 7.71. The van der Waals surface area contributed by atoms with Crippen LogP contribution in [-0.4, -0.2) is 21.9 Å². The molecule has 2 amide bonds. The van der Waals surface area contributed by atoms with E-state index in [2.05, 4.69) is 10.3 Å². The van der Waals surface area contributed by atoms with E-state index in [4.69, 9.17) is 17.0 Å². The largest absolute Gasteiger partial charge is 0.457 e. The second-order valence-corrected chi connectivity index (χ2v) is 7.05. The zero-order valence-corrected chi connectivity index (χ0v) is 16.0. The van der Waals surface area contributed by atoms with Crippen LogP contribution in [0.3, 0.4) is 0 Å². The van der Waals surface area contributed by atoms with Crippen LogP contribution < -0.4 is 15.0 Å². The molecule has 2 heterocycles. The molecule has 6 nitrogen and oxygen atoms in total. The number of benzene rings is 2. The molecular formula is C20H13N3O3S2. The Morgan fingerprint density at radius 1 is 1.04 bits per heavy atom. The summed E-state index contributed by atoms with van der Waals surface area (Å²) in [5.41, 5.74) is 0.508. The number of thiazole rings is 1. The molecule has 0 aliphatic carbocycles. The molecule has 1 aliphatic heterocycles. The molecule has 8 heteroatoms. The Labute approximate surface area is 170 Å². The molecule has 3 aromatic rings. The van der Waals surface area contributed by atoms with Gasteiger partial charge in [0.1, 0.15) is 22.1 Å². The topological polar surface area (TPSA) is 71.5 Å². The molecule has 138 valence electrons. The highest BCUT2D eigenvalue weighted by molar-refractivity contribution is 7.80. The van der Waals surface area contributed by atoms with Crippen LogP contribution >= 0.6 is 23.6 Å². The minimum absolute atomic E-state index is 0.0202. The summed E-state index contributed by atoms with van der Waals surface area (Å²) in [6, 6.07) is 16.3. The minimum Gasteiger partial charge on any atom is -0.457 e. The number of anilines is 1. The number of nitrogens with zero attached hydrogens (tertiary/aromatic N) is 2. The summed E-state index contributed by atoms with van der Waals surface area (Å²) in [5, 5.41) is 4.92. The minimum atomic E-state index is -0.537. The van der Waals surface area contributed by atoms with Crippen molar-refractivity contribution in [1.82, 2.24) is 10.3 Å². The number of aromatic nitrogens is 1. The number of carbonyl (C=O) groups is 2. The predicted molar refractivity (Wildman–Crippen MR) is 111 cm³/mol. The van der Waals surface area contributed by atoms with Crippen molar-refractivity contribution in [3.8, 4) is 11.5 Å². The molecule has 1 N–H and O–H groups in total. The first kappa shape index (κ1) is 18.0. The van der Waals surface area contributed by atoms with E-state index in [0.29, 0.717) is 22.2 Å². The predicted octanol–water partition coefficient (Wildman–Crippen LogP) is 3.77. The molecule has 1 aromatic heterocycles. The van der Waals surface area contributed by atoms with Gasteiger partial charge in [-0.25, -0.2) is 4.98 Å². The lowest BCUT2D eigenvalue weighted by molar-refractivity contribution is -0.122. The number of ether oxygens (including phenoxy) is 1. The Bertz CT molecular complexity index is 1060. The highest BCUT2D eigenvalue weighted by Crippen LogP contribution is 2.27. The Morgan fingerprint density at radius 3 is 2.43 bits per heavy atom. The van der Waals surface area contributed by atoms with Gasteiger partial charge in [-0.1, -0.05) is 18.2 Å². The summed E-state index contributed by atoms with van der Waals surface area (Å²) >= 11 is 6.54. The monoisotopic (exact) mass is 407 g/mol. The number of hydrogen-bond acceptors (Lipinski definition) is 6. The fourth-order valence-corrected chi connectivity index (χ4v) is 3.46. The van der Waals surface area contributed by atoms with Gasteiger partial charge < -0.3 is 4.74 Å². The molecular weight excluding hydrogens is 394 g/mol. The summed E-state index contributed by atoms with van der Waals surface area (Å²) < 4.78 is 5.76. The Kier molecular flexibility index (Phi) is 4.96. The van der Waals surface area contributed by atoms with Crippen LogP contribution in [0.2, 0.25) is 0 Å². The molecule has 0 bridgehead atoms. The standard InChI is InChI=1S/C20H13N3O3S2/c24-18-16(12-17-21-10-11-28-17)19(25)23(20(27)22-18)13-6-8-15(9-7-13)26-14-4-2-1-3-5-14/h1-12H,(H,22,24,27). The van der Waals surface area contributed by atoms with Crippen LogP contribution in [0, 0.1) is 0 Å². The fourth-order valence-electron chi connectivity index (χ4n) is 2.61. The maximum atomic E-state index is 12.9. The molecule has 1 aliphatic rings. The van der Waals surface area contributed by atoms with Crippen LogP contribution in [-0.2, 0) is 9.59 Å². The van der Waals surface area contributed by atoms with E-state index in [1.54, 1.807) is 35.8 Å². The van der Waals surface area contributed by atoms with Gasteiger partial charge in [-0.05, 0) is 54.7 Å². The van der Waals surface area contributed by atoms with Crippen molar-refractivity contribution < 1.29 is 14.3 Å². The van der Waals surface area contributed by atoms with Crippen molar-refractivity contribution in [1.29, 1.82) is 0 Å². The number of nitrogens with one attached hydrogen (secondary N) is 1. The van der Waals surface area contributed by atoms with Crippen LogP contribution in [0.5, 0.6) is 11.5 Å². The summed E-state index contributed by atoms with van der Waals surface area (Å²) in [6.07, 6.45) is 3.07. The van der Waals surface area contributed by atoms with E-state index in [9.17, 15) is 9.59 Å². The third kappa shape index (κ3) is 3.68. The van der Waals surface area contributed by atoms with E-state index < -0.39 is 11.8 Å². The number of carbonyl (C=O) groups excluding carboxylic acids is 2. The van der Waals surface area contributed by atoms with Crippen LogP contribution in [0.4, 0.5) is 5.69 Å². The van der Waals surface area contributed by atoms with E-state index in [0.717, 1.165) is 0 Å². The Balaban J connectivity index is 1.59. The first-order valence-electron chi connectivity index (χ1n) is 8.26. The van der Waals surface area contributed by atoms with Gasteiger partial charge in [-0.3, -0.25) is 19.8 Å². The molecule has 0 unspecified atom stereocenters. The van der Waals surface area contributed by atoms with Gasteiger partial charge in [0.05, 0.1) is 5.69 Å². The highest BCUT2D eigenvalue weighted by atomic mass is 32.1.